The van der Waals surface area contributed by atoms with Gasteiger partial charge in [-0.25, -0.2) is 0 Å². The normalized spacial score (nSPS) is 35.0. The van der Waals surface area contributed by atoms with Gasteiger partial charge in [-0.05, 0) is 19.3 Å². The van der Waals surface area contributed by atoms with Crippen LogP contribution in [0.15, 0.2) is 0 Å². The zero-order chi connectivity index (χ0) is 11.5. The molecule has 0 aliphatic carbocycles. The number of hydrogen-bond donors (Lipinski definition) is 1. The Hall–Kier alpha value is -0.610. The molecule has 2 rings (SSSR count). The topological polar surface area (TPSA) is 41.6 Å². The Balaban J connectivity index is 1.88. The van der Waals surface area contributed by atoms with Crippen LogP contribution in [-0.4, -0.2) is 42.8 Å². The summed E-state index contributed by atoms with van der Waals surface area (Å²) in [5, 5.41) is 3.25. The van der Waals surface area contributed by atoms with Crippen LogP contribution in [0.2, 0.25) is 0 Å². The van der Waals surface area contributed by atoms with Crippen molar-refractivity contribution in [2.24, 2.45) is 5.92 Å². The highest BCUT2D eigenvalue weighted by Crippen LogP contribution is 2.25. The van der Waals surface area contributed by atoms with Gasteiger partial charge >= 0.3 is 0 Å². The van der Waals surface area contributed by atoms with Crippen LogP contribution in [0, 0.1) is 5.92 Å². The molecule has 0 aromatic rings. The predicted octanol–water partition coefficient (Wildman–Crippen LogP) is 0.969. The molecule has 2 heterocycles. The van der Waals surface area contributed by atoms with Gasteiger partial charge in [0.25, 0.3) is 0 Å². The van der Waals surface area contributed by atoms with E-state index in [0.29, 0.717) is 18.7 Å². The van der Waals surface area contributed by atoms with Gasteiger partial charge in [0, 0.05) is 19.1 Å². The van der Waals surface area contributed by atoms with Gasteiger partial charge in [-0.15, -0.1) is 0 Å². The van der Waals surface area contributed by atoms with Crippen molar-refractivity contribution in [1.29, 1.82) is 0 Å². The fraction of sp³-hybridized carbons (Fsp3) is 0.917. The molecule has 1 N–H and O–H groups in total. The summed E-state index contributed by atoms with van der Waals surface area (Å²) in [6.45, 7) is 6.63. The van der Waals surface area contributed by atoms with E-state index in [1.54, 1.807) is 0 Å². The lowest BCUT2D eigenvalue weighted by molar-refractivity contribution is -0.129. The number of hydrogen-bond acceptors (Lipinski definition) is 3. The van der Waals surface area contributed by atoms with Crippen molar-refractivity contribution >= 4 is 5.91 Å². The number of carbonyl (C=O) groups is 1. The first-order valence-electron chi connectivity index (χ1n) is 6.40. The lowest BCUT2D eigenvalue weighted by atomic mass is 9.99. The first kappa shape index (κ1) is 11.9. The van der Waals surface area contributed by atoms with Gasteiger partial charge < -0.3 is 9.64 Å². The molecule has 3 atom stereocenters. The second-order valence-corrected chi connectivity index (χ2v) is 4.75. The quantitative estimate of drug-likeness (QED) is 0.776. The van der Waals surface area contributed by atoms with Gasteiger partial charge in [0.05, 0.1) is 18.8 Å². The van der Waals surface area contributed by atoms with Crippen LogP contribution in [0.1, 0.15) is 33.1 Å². The fourth-order valence-corrected chi connectivity index (χ4v) is 2.72. The molecule has 2 aliphatic heterocycles. The third kappa shape index (κ3) is 2.23. The minimum absolute atomic E-state index is 0.0439. The van der Waals surface area contributed by atoms with E-state index >= 15 is 0 Å². The molecule has 16 heavy (non-hydrogen) atoms. The molecule has 0 saturated carbocycles. The van der Waals surface area contributed by atoms with E-state index < -0.39 is 0 Å². The van der Waals surface area contributed by atoms with Crippen molar-refractivity contribution in [2.45, 2.75) is 45.3 Å². The molecule has 0 spiro atoms. The van der Waals surface area contributed by atoms with Gasteiger partial charge in [0.15, 0.2) is 0 Å². The van der Waals surface area contributed by atoms with Gasteiger partial charge in [-0.3, -0.25) is 10.1 Å². The van der Waals surface area contributed by atoms with E-state index in [-0.39, 0.29) is 11.9 Å². The smallest absolute Gasteiger partial charge is 0.240 e. The van der Waals surface area contributed by atoms with Gasteiger partial charge in [-0.2, -0.15) is 0 Å². The van der Waals surface area contributed by atoms with E-state index in [1.165, 1.54) is 0 Å². The lowest BCUT2D eigenvalue weighted by Crippen LogP contribution is -2.36. The maximum absolute atomic E-state index is 11.9. The Kier molecular flexibility index (Phi) is 3.82. The average molecular weight is 226 g/mol. The summed E-state index contributed by atoms with van der Waals surface area (Å²) < 4.78 is 5.66. The summed E-state index contributed by atoms with van der Waals surface area (Å²) in [6.07, 6.45) is 3.39. The maximum atomic E-state index is 11.9. The summed E-state index contributed by atoms with van der Waals surface area (Å²) in [7, 11) is 0. The van der Waals surface area contributed by atoms with E-state index in [0.717, 1.165) is 32.4 Å². The summed E-state index contributed by atoms with van der Waals surface area (Å²) in [4.78, 5) is 13.9. The highest BCUT2D eigenvalue weighted by atomic mass is 16.5. The molecule has 0 radical (unpaired) electrons. The third-order valence-electron chi connectivity index (χ3n) is 3.75. The maximum Gasteiger partial charge on any atom is 0.240 e. The number of carbonyl (C=O) groups excluding carboxylic acids is 1. The third-order valence-corrected chi connectivity index (χ3v) is 3.75. The van der Waals surface area contributed by atoms with E-state index in [1.807, 2.05) is 11.8 Å². The van der Waals surface area contributed by atoms with Crippen molar-refractivity contribution in [1.82, 2.24) is 10.2 Å². The molecule has 0 aromatic heterocycles. The molecule has 0 bridgehead atoms. The van der Waals surface area contributed by atoms with Crippen molar-refractivity contribution in [3.63, 3.8) is 0 Å². The summed E-state index contributed by atoms with van der Waals surface area (Å²) in [5.41, 5.74) is 0. The zero-order valence-corrected chi connectivity index (χ0v) is 10.2. The van der Waals surface area contributed by atoms with E-state index in [4.69, 9.17) is 4.74 Å². The Bertz CT molecular complexity index is 257. The fourth-order valence-electron chi connectivity index (χ4n) is 2.72. The molecule has 2 fully saturated rings. The molecular weight excluding hydrogens is 204 g/mol. The van der Waals surface area contributed by atoms with Crippen LogP contribution in [0.25, 0.3) is 0 Å². The lowest BCUT2D eigenvalue weighted by Gasteiger charge is -2.23. The highest BCUT2D eigenvalue weighted by Gasteiger charge is 2.34. The Morgan fingerprint density at radius 3 is 2.88 bits per heavy atom. The first-order valence-corrected chi connectivity index (χ1v) is 6.40. The zero-order valence-electron chi connectivity index (χ0n) is 10.2. The molecule has 92 valence electrons. The largest absolute Gasteiger partial charge is 0.378 e. The van der Waals surface area contributed by atoms with Crippen molar-refractivity contribution in [3.05, 3.63) is 0 Å². The molecule has 2 aliphatic rings. The van der Waals surface area contributed by atoms with Crippen LogP contribution in [0.5, 0.6) is 0 Å². The molecule has 4 nitrogen and oxygen atoms in total. The highest BCUT2D eigenvalue weighted by molar-refractivity contribution is 5.83. The summed E-state index contributed by atoms with van der Waals surface area (Å²) in [6, 6.07) is 0.0439. The molecular formula is C12H22N2O2. The van der Waals surface area contributed by atoms with Gasteiger partial charge in [-0.1, -0.05) is 13.8 Å². The number of nitrogens with zero attached hydrogens (tertiary/aromatic N) is 1. The molecule has 2 saturated heterocycles. The number of nitrogens with one attached hydrogen (secondary N) is 1. The minimum atomic E-state index is 0.0439. The minimum Gasteiger partial charge on any atom is -0.378 e. The number of rotatable bonds is 4. The molecule has 0 aromatic carbocycles. The van der Waals surface area contributed by atoms with Crippen LogP contribution in [-0.2, 0) is 9.53 Å². The second-order valence-electron chi connectivity index (χ2n) is 4.75. The van der Waals surface area contributed by atoms with Crippen LogP contribution >= 0.6 is 0 Å². The number of amides is 1. The van der Waals surface area contributed by atoms with Crippen LogP contribution < -0.4 is 5.32 Å². The first-order chi connectivity index (χ1) is 7.76. The molecule has 1 amide bonds. The molecule has 4 heteroatoms. The Morgan fingerprint density at radius 2 is 2.25 bits per heavy atom. The van der Waals surface area contributed by atoms with Crippen molar-refractivity contribution < 1.29 is 9.53 Å². The van der Waals surface area contributed by atoms with Crippen LogP contribution in [0.3, 0.4) is 0 Å². The standard InChI is InChI=1S/C12H22N2O2/c1-3-10-12(15)14(8-13-10)7-9-5-6-16-11(9)4-2/h9-11,13H,3-8H2,1-2H3. The second kappa shape index (κ2) is 5.15. The van der Waals surface area contributed by atoms with E-state index in [9.17, 15) is 4.79 Å². The monoisotopic (exact) mass is 226 g/mol. The van der Waals surface area contributed by atoms with Crippen molar-refractivity contribution in [3.8, 4) is 0 Å². The van der Waals surface area contributed by atoms with Crippen molar-refractivity contribution in [2.75, 3.05) is 19.8 Å². The predicted molar refractivity (Wildman–Crippen MR) is 61.9 cm³/mol. The Labute approximate surface area is 97.3 Å². The van der Waals surface area contributed by atoms with E-state index in [2.05, 4.69) is 12.2 Å². The number of ether oxygens (including phenoxy) is 1. The average Bonchev–Trinajstić information content (AvgIpc) is 2.87. The van der Waals surface area contributed by atoms with Gasteiger partial charge in [0.1, 0.15) is 0 Å². The summed E-state index contributed by atoms with van der Waals surface area (Å²) in [5.74, 6) is 0.801. The summed E-state index contributed by atoms with van der Waals surface area (Å²) >= 11 is 0. The van der Waals surface area contributed by atoms with Gasteiger partial charge in [0.2, 0.25) is 5.91 Å². The van der Waals surface area contributed by atoms with Crippen LogP contribution in [0.4, 0.5) is 0 Å². The Morgan fingerprint density at radius 1 is 1.44 bits per heavy atom. The molecule has 3 unspecified atom stereocenters. The SMILES string of the molecule is CCC1NCN(CC2CCOC2CC)C1=O.